The summed E-state index contributed by atoms with van der Waals surface area (Å²) in [6.07, 6.45) is 1.70. The maximum Gasteiger partial charge on any atom is 0.270 e. The van der Waals surface area contributed by atoms with E-state index in [0.717, 1.165) is 17.3 Å². The maximum absolute atomic E-state index is 13.8. The Morgan fingerprint density at radius 1 is 1.09 bits per heavy atom. The summed E-state index contributed by atoms with van der Waals surface area (Å²) in [5, 5.41) is 10.8. The van der Waals surface area contributed by atoms with Crippen LogP contribution in [-0.4, -0.2) is 15.2 Å². The normalized spacial score (nSPS) is 14.8. The fourth-order valence-corrected chi connectivity index (χ4v) is 4.33. The van der Waals surface area contributed by atoms with Gasteiger partial charge in [0.25, 0.3) is 11.6 Å². The van der Waals surface area contributed by atoms with Gasteiger partial charge < -0.3 is 4.74 Å². The third kappa shape index (κ3) is 4.68. The molecule has 1 aliphatic heterocycles. The lowest BCUT2D eigenvalue weighted by molar-refractivity contribution is -0.384. The van der Waals surface area contributed by atoms with E-state index in [1.807, 2.05) is 6.07 Å². The lowest BCUT2D eigenvalue weighted by atomic mass is 10.2. The molecule has 1 fully saturated rings. The Morgan fingerprint density at radius 2 is 1.84 bits per heavy atom. The second-order valence-electron chi connectivity index (χ2n) is 6.74. The zero-order valence-electron chi connectivity index (χ0n) is 16.4. The number of anilines is 1. The van der Waals surface area contributed by atoms with Gasteiger partial charge in [-0.3, -0.25) is 19.8 Å². The van der Waals surface area contributed by atoms with E-state index in [9.17, 15) is 19.3 Å². The van der Waals surface area contributed by atoms with Crippen LogP contribution in [0.15, 0.2) is 77.7 Å². The Bertz CT molecular complexity index is 1240. The summed E-state index contributed by atoms with van der Waals surface area (Å²) >= 11 is 6.49. The number of benzene rings is 3. The van der Waals surface area contributed by atoms with Crippen LogP contribution in [0, 0.1) is 15.9 Å². The summed E-state index contributed by atoms with van der Waals surface area (Å²) in [6.45, 7) is 0.0817. The molecule has 1 heterocycles. The van der Waals surface area contributed by atoms with Crippen LogP contribution in [0.4, 0.5) is 15.8 Å². The molecule has 1 amide bonds. The molecule has 160 valence electrons. The number of halogens is 1. The number of nitro benzene ring substituents is 1. The van der Waals surface area contributed by atoms with Crippen LogP contribution in [0.1, 0.15) is 11.1 Å². The molecule has 3 aromatic carbocycles. The molecule has 0 aliphatic carbocycles. The third-order valence-corrected chi connectivity index (χ3v) is 5.92. The minimum atomic E-state index is -0.505. The molecule has 0 spiro atoms. The van der Waals surface area contributed by atoms with Gasteiger partial charge in [-0.05, 0) is 42.0 Å². The first-order chi connectivity index (χ1) is 15.4. The predicted octanol–water partition coefficient (Wildman–Crippen LogP) is 5.72. The van der Waals surface area contributed by atoms with Gasteiger partial charge in [0, 0.05) is 17.7 Å². The van der Waals surface area contributed by atoms with Crippen molar-refractivity contribution in [3.8, 4) is 5.75 Å². The molecule has 0 aromatic heterocycles. The third-order valence-electron chi connectivity index (χ3n) is 4.62. The van der Waals surface area contributed by atoms with Crippen molar-refractivity contribution >= 4 is 51.7 Å². The minimum absolute atomic E-state index is 0.0677. The highest BCUT2D eigenvalue weighted by Crippen LogP contribution is 2.36. The number of carbonyl (C=O) groups is 1. The summed E-state index contributed by atoms with van der Waals surface area (Å²) in [5.74, 6) is -0.113. The molecule has 1 saturated heterocycles. The average molecular weight is 467 g/mol. The molecule has 3 aromatic rings. The molecule has 0 saturated carbocycles. The zero-order chi connectivity index (χ0) is 22.7. The fourth-order valence-electron chi connectivity index (χ4n) is 3.04. The number of hydrogen-bond donors (Lipinski definition) is 0. The van der Waals surface area contributed by atoms with E-state index in [2.05, 4.69) is 0 Å². The quantitative estimate of drug-likeness (QED) is 0.200. The van der Waals surface area contributed by atoms with Crippen LogP contribution in [0.25, 0.3) is 6.08 Å². The highest BCUT2D eigenvalue weighted by atomic mass is 32.2. The van der Waals surface area contributed by atoms with Gasteiger partial charge in [0.2, 0.25) is 0 Å². The lowest BCUT2D eigenvalue weighted by Crippen LogP contribution is -2.27. The summed E-state index contributed by atoms with van der Waals surface area (Å²) in [4.78, 5) is 25.0. The van der Waals surface area contributed by atoms with Crippen molar-refractivity contribution in [1.29, 1.82) is 0 Å². The van der Waals surface area contributed by atoms with Crippen molar-refractivity contribution in [2.75, 3.05) is 4.90 Å². The summed E-state index contributed by atoms with van der Waals surface area (Å²) in [7, 11) is 0. The largest absolute Gasteiger partial charge is 0.489 e. The second-order valence-corrected chi connectivity index (χ2v) is 8.42. The Kier molecular flexibility index (Phi) is 6.29. The molecule has 0 atom stereocenters. The molecule has 0 bridgehead atoms. The molecule has 4 rings (SSSR count). The van der Waals surface area contributed by atoms with Crippen LogP contribution < -0.4 is 9.64 Å². The highest BCUT2D eigenvalue weighted by molar-refractivity contribution is 8.27. The summed E-state index contributed by atoms with van der Waals surface area (Å²) in [5.41, 5.74) is 1.56. The second kappa shape index (κ2) is 9.29. The first-order valence-corrected chi connectivity index (χ1v) is 10.6. The van der Waals surface area contributed by atoms with Gasteiger partial charge >= 0.3 is 0 Å². The minimum Gasteiger partial charge on any atom is -0.489 e. The Labute approximate surface area is 192 Å². The summed E-state index contributed by atoms with van der Waals surface area (Å²) < 4.78 is 19.8. The van der Waals surface area contributed by atoms with Crippen molar-refractivity contribution < 1.29 is 18.8 Å². The van der Waals surface area contributed by atoms with Crippen molar-refractivity contribution in [3.05, 3.63) is 105 Å². The number of hydrogen-bond acceptors (Lipinski definition) is 6. The number of nitrogens with zero attached hydrogens (tertiary/aromatic N) is 2. The molecule has 1 aliphatic rings. The van der Waals surface area contributed by atoms with E-state index in [-0.39, 0.29) is 24.0 Å². The number of non-ortho nitro benzene ring substituents is 1. The van der Waals surface area contributed by atoms with Gasteiger partial charge in [0.05, 0.1) is 15.5 Å². The van der Waals surface area contributed by atoms with Crippen LogP contribution in [0.2, 0.25) is 0 Å². The monoisotopic (exact) mass is 466 g/mol. The van der Waals surface area contributed by atoms with Crippen LogP contribution in [0.3, 0.4) is 0 Å². The average Bonchev–Trinajstić information content (AvgIpc) is 3.06. The van der Waals surface area contributed by atoms with Crippen molar-refractivity contribution in [3.63, 3.8) is 0 Å². The molecule has 0 N–H and O–H groups in total. The van der Waals surface area contributed by atoms with Gasteiger partial charge in [-0.15, -0.1) is 0 Å². The van der Waals surface area contributed by atoms with E-state index in [1.165, 1.54) is 35.2 Å². The highest BCUT2D eigenvalue weighted by Gasteiger charge is 2.33. The predicted molar refractivity (Wildman–Crippen MR) is 126 cm³/mol. The Balaban J connectivity index is 1.51. The molecule has 0 unspecified atom stereocenters. The lowest BCUT2D eigenvalue weighted by Gasteiger charge is -2.14. The van der Waals surface area contributed by atoms with E-state index >= 15 is 0 Å². The van der Waals surface area contributed by atoms with Crippen molar-refractivity contribution in [2.45, 2.75) is 6.61 Å². The number of ether oxygens (including phenoxy) is 1. The summed E-state index contributed by atoms with van der Waals surface area (Å²) in [6, 6.07) is 19.1. The van der Waals surface area contributed by atoms with Crippen LogP contribution in [0.5, 0.6) is 5.75 Å². The molecule has 32 heavy (non-hydrogen) atoms. The molecule has 6 nitrogen and oxygen atoms in total. The first-order valence-electron chi connectivity index (χ1n) is 9.41. The van der Waals surface area contributed by atoms with Crippen LogP contribution in [-0.2, 0) is 11.4 Å². The van der Waals surface area contributed by atoms with Gasteiger partial charge in [0.1, 0.15) is 18.2 Å². The number of thioether (sulfide) groups is 1. The number of amides is 1. The molecular formula is C23H15FN2O4S2. The maximum atomic E-state index is 13.8. The zero-order valence-corrected chi connectivity index (χ0v) is 18.1. The van der Waals surface area contributed by atoms with E-state index in [1.54, 1.807) is 42.5 Å². The molecular weight excluding hydrogens is 451 g/mol. The Hall–Kier alpha value is -3.56. The fraction of sp³-hybridized carbons (Fsp3) is 0.0435. The van der Waals surface area contributed by atoms with E-state index < -0.39 is 4.92 Å². The van der Waals surface area contributed by atoms with Crippen molar-refractivity contribution in [1.82, 2.24) is 0 Å². The Morgan fingerprint density at radius 3 is 2.56 bits per heavy atom. The topological polar surface area (TPSA) is 72.7 Å². The van der Waals surface area contributed by atoms with Gasteiger partial charge in [-0.2, -0.15) is 0 Å². The number of rotatable bonds is 6. The smallest absolute Gasteiger partial charge is 0.270 e. The number of nitro groups is 1. The van der Waals surface area contributed by atoms with E-state index in [4.69, 9.17) is 17.0 Å². The first kappa shape index (κ1) is 21.7. The van der Waals surface area contributed by atoms with Crippen molar-refractivity contribution in [2.24, 2.45) is 0 Å². The number of carbonyl (C=O) groups excluding carboxylic acids is 1. The SMILES string of the molecule is O=C1/C(=C\c2cccc(OCc3ccccc3F)c2)SC(=S)N1c1ccc([N+](=O)[O-])cc1. The van der Waals surface area contributed by atoms with Gasteiger partial charge in [-0.1, -0.05) is 54.3 Å². The number of thiocarbonyl (C=S) groups is 1. The van der Waals surface area contributed by atoms with Crippen LogP contribution >= 0.6 is 24.0 Å². The molecule has 9 heteroatoms. The van der Waals surface area contributed by atoms with Gasteiger partial charge in [-0.25, -0.2) is 4.39 Å². The van der Waals surface area contributed by atoms with E-state index in [0.29, 0.717) is 26.2 Å². The van der Waals surface area contributed by atoms with Gasteiger partial charge in [0.15, 0.2) is 4.32 Å². The molecule has 0 radical (unpaired) electrons. The standard InChI is InChI=1S/C23H15FN2O4S2/c24-20-7-2-1-5-16(20)14-30-19-6-3-4-15(12-19)13-21-22(27)25(23(31)32-21)17-8-10-18(11-9-17)26(28)29/h1-13H,14H2/b21-13+.